The fourth-order valence-corrected chi connectivity index (χ4v) is 5.57. The first-order valence-corrected chi connectivity index (χ1v) is 9.50. The summed E-state index contributed by atoms with van der Waals surface area (Å²) in [7, 11) is 1.88. The lowest BCUT2D eigenvalue weighted by molar-refractivity contribution is -0.130. The Kier molecular flexibility index (Phi) is 3.69. The Labute approximate surface area is 137 Å². The van der Waals surface area contributed by atoms with E-state index in [-0.39, 0.29) is 11.2 Å². The van der Waals surface area contributed by atoms with Crippen molar-refractivity contribution in [2.75, 3.05) is 12.8 Å². The molecule has 2 aliphatic heterocycles. The Morgan fingerprint density at radius 2 is 2.36 bits per heavy atom. The van der Waals surface area contributed by atoms with E-state index in [4.69, 9.17) is 0 Å². The number of likely N-dealkylation sites (N-methyl/N-ethyl adjacent to an activating group) is 1. The van der Waals surface area contributed by atoms with Crippen molar-refractivity contribution < 1.29 is 4.79 Å². The SMILES string of the molecule is CN(Cc1nnc2n1CCC2)C(=O)[C@@H]1SCCc2sccc21. The van der Waals surface area contributed by atoms with Crippen molar-refractivity contribution in [1.29, 1.82) is 0 Å². The van der Waals surface area contributed by atoms with Gasteiger partial charge in [0.05, 0.1) is 6.54 Å². The molecule has 0 aliphatic carbocycles. The van der Waals surface area contributed by atoms with E-state index in [1.807, 2.05) is 7.05 Å². The molecule has 0 aromatic carbocycles. The van der Waals surface area contributed by atoms with E-state index in [0.717, 1.165) is 43.2 Å². The number of hydrogen-bond acceptors (Lipinski definition) is 5. The van der Waals surface area contributed by atoms with Crippen molar-refractivity contribution >= 4 is 29.0 Å². The van der Waals surface area contributed by atoms with Crippen molar-refractivity contribution in [2.24, 2.45) is 0 Å². The van der Waals surface area contributed by atoms with Crippen LogP contribution in [0.15, 0.2) is 11.4 Å². The average Bonchev–Trinajstić information content (AvgIpc) is 3.23. The van der Waals surface area contributed by atoms with E-state index in [0.29, 0.717) is 6.54 Å². The maximum atomic E-state index is 12.8. The molecule has 4 heterocycles. The fraction of sp³-hybridized carbons (Fsp3) is 0.533. The van der Waals surface area contributed by atoms with Gasteiger partial charge in [0.1, 0.15) is 11.1 Å². The molecule has 4 rings (SSSR count). The lowest BCUT2D eigenvalue weighted by atomic mass is 10.1. The lowest BCUT2D eigenvalue weighted by Crippen LogP contribution is -2.32. The van der Waals surface area contributed by atoms with Gasteiger partial charge in [0.15, 0.2) is 5.82 Å². The van der Waals surface area contributed by atoms with Crippen LogP contribution in [0.4, 0.5) is 0 Å². The number of aryl methyl sites for hydroxylation is 2. The minimum absolute atomic E-state index is 0.0547. The van der Waals surface area contributed by atoms with Crippen LogP contribution >= 0.6 is 23.1 Å². The van der Waals surface area contributed by atoms with E-state index in [2.05, 4.69) is 26.2 Å². The molecule has 0 spiro atoms. The molecule has 22 heavy (non-hydrogen) atoms. The first kappa shape index (κ1) is 14.3. The Morgan fingerprint density at radius 1 is 1.45 bits per heavy atom. The van der Waals surface area contributed by atoms with Gasteiger partial charge in [-0.15, -0.1) is 33.3 Å². The summed E-state index contributed by atoms with van der Waals surface area (Å²) in [4.78, 5) is 16.0. The Balaban J connectivity index is 1.51. The third-order valence-electron chi connectivity index (χ3n) is 4.34. The number of thioether (sulfide) groups is 1. The maximum Gasteiger partial charge on any atom is 0.240 e. The number of carbonyl (C=O) groups excluding carboxylic acids is 1. The van der Waals surface area contributed by atoms with Gasteiger partial charge in [0.25, 0.3) is 0 Å². The molecule has 2 aliphatic rings. The fourth-order valence-electron chi connectivity index (χ4n) is 3.17. The number of thiophene rings is 1. The molecule has 0 unspecified atom stereocenters. The standard InChI is InChI=1S/C15H18N4OS2/c1-18(9-13-17-16-12-3-2-6-19(12)13)15(20)14-10-4-7-21-11(10)5-8-22-14/h4,7,14H,2-3,5-6,8-9H2,1H3/t14-/m1/s1. The molecule has 1 amide bonds. The Morgan fingerprint density at radius 3 is 3.27 bits per heavy atom. The average molecular weight is 334 g/mol. The summed E-state index contributed by atoms with van der Waals surface area (Å²) in [6.45, 7) is 1.52. The van der Waals surface area contributed by atoms with Crippen molar-refractivity contribution in [3.05, 3.63) is 33.5 Å². The van der Waals surface area contributed by atoms with Crippen molar-refractivity contribution in [3.63, 3.8) is 0 Å². The number of rotatable bonds is 3. The van der Waals surface area contributed by atoms with Crippen LogP contribution in [0, 0.1) is 0 Å². The van der Waals surface area contributed by atoms with E-state index in [1.165, 1.54) is 10.4 Å². The van der Waals surface area contributed by atoms with Crippen molar-refractivity contribution in [3.8, 4) is 0 Å². The maximum absolute atomic E-state index is 12.8. The highest BCUT2D eigenvalue weighted by Gasteiger charge is 2.31. The monoisotopic (exact) mass is 334 g/mol. The smallest absolute Gasteiger partial charge is 0.240 e. The molecule has 0 bridgehead atoms. The van der Waals surface area contributed by atoms with Gasteiger partial charge in [-0.2, -0.15) is 0 Å². The van der Waals surface area contributed by atoms with Gasteiger partial charge < -0.3 is 9.47 Å². The number of carbonyl (C=O) groups is 1. The summed E-state index contributed by atoms with van der Waals surface area (Å²) < 4.78 is 2.16. The van der Waals surface area contributed by atoms with Gasteiger partial charge in [0.2, 0.25) is 5.91 Å². The van der Waals surface area contributed by atoms with Crippen LogP contribution < -0.4 is 0 Å². The topological polar surface area (TPSA) is 51.0 Å². The zero-order valence-corrected chi connectivity index (χ0v) is 14.1. The molecular formula is C15H18N4OS2. The molecule has 2 aromatic rings. The second kappa shape index (κ2) is 5.70. The second-order valence-corrected chi connectivity index (χ2v) is 8.00. The number of aromatic nitrogens is 3. The minimum atomic E-state index is -0.0547. The molecule has 1 atom stereocenters. The van der Waals surface area contributed by atoms with Gasteiger partial charge >= 0.3 is 0 Å². The molecule has 7 heteroatoms. The number of nitrogens with zero attached hydrogens (tertiary/aromatic N) is 4. The molecule has 0 saturated heterocycles. The van der Waals surface area contributed by atoms with Crippen LogP contribution in [0.25, 0.3) is 0 Å². The highest BCUT2D eigenvalue weighted by Crippen LogP contribution is 2.40. The molecule has 0 fully saturated rings. The molecule has 0 radical (unpaired) electrons. The number of amides is 1. The van der Waals surface area contributed by atoms with Crippen LogP contribution in [0.1, 0.15) is 33.8 Å². The first-order valence-electron chi connectivity index (χ1n) is 7.58. The van der Waals surface area contributed by atoms with Gasteiger partial charge in [-0.3, -0.25) is 4.79 Å². The highest BCUT2D eigenvalue weighted by atomic mass is 32.2. The third kappa shape index (κ3) is 2.36. The molecule has 116 valence electrons. The number of hydrogen-bond donors (Lipinski definition) is 0. The van der Waals surface area contributed by atoms with Gasteiger partial charge in [-0.25, -0.2) is 0 Å². The molecular weight excluding hydrogens is 316 g/mol. The van der Waals surface area contributed by atoms with Crippen LogP contribution in [0.2, 0.25) is 0 Å². The van der Waals surface area contributed by atoms with E-state index in [9.17, 15) is 4.79 Å². The molecule has 0 saturated carbocycles. The van der Waals surface area contributed by atoms with Crippen molar-refractivity contribution in [2.45, 2.75) is 37.6 Å². The number of fused-ring (bicyclic) bond motifs is 2. The van der Waals surface area contributed by atoms with Gasteiger partial charge in [-0.05, 0) is 35.6 Å². The van der Waals surface area contributed by atoms with Gasteiger partial charge in [0, 0.05) is 24.9 Å². The van der Waals surface area contributed by atoms with Crippen LogP contribution in [-0.4, -0.2) is 38.4 Å². The summed E-state index contributed by atoms with van der Waals surface area (Å²) in [5, 5.41) is 10.5. The van der Waals surface area contributed by atoms with Crippen LogP contribution in [-0.2, 0) is 30.7 Å². The van der Waals surface area contributed by atoms with Crippen molar-refractivity contribution in [1.82, 2.24) is 19.7 Å². The molecule has 2 aromatic heterocycles. The predicted molar refractivity (Wildman–Crippen MR) is 88.0 cm³/mol. The second-order valence-electron chi connectivity index (χ2n) is 5.78. The summed E-state index contributed by atoms with van der Waals surface area (Å²) in [6.07, 6.45) is 3.22. The zero-order valence-electron chi connectivity index (χ0n) is 12.5. The predicted octanol–water partition coefficient (Wildman–Crippen LogP) is 2.27. The molecule has 5 nitrogen and oxygen atoms in total. The Hall–Kier alpha value is -1.34. The Bertz CT molecular complexity index is 708. The quantitative estimate of drug-likeness (QED) is 0.864. The summed E-state index contributed by atoms with van der Waals surface area (Å²) in [5.41, 5.74) is 1.21. The largest absolute Gasteiger partial charge is 0.337 e. The van der Waals surface area contributed by atoms with Crippen LogP contribution in [0.5, 0.6) is 0 Å². The molecule has 0 N–H and O–H groups in total. The van der Waals surface area contributed by atoms with E-state index >= 15 is 0 Å². The summed E-state index contributed by atoms with van der Waals surface area (Å²) in [5.74, 6) is 3.18. The first-order chi connectivity index (χ1) is 10.7. The minimum Gasteiger partial charge on any atom is -0.337 e. The highest BCUT2D eigenvalue weighted by molar-refractivity contribution is 8.00. The lowest BCUT2D eigenvalue weighted by Gasteiger charge is -2.26. The summed E-state index contributed by atoms with van der Waals surface area (Å²) >= 11 is 3.53. The normalized spacial score (nSPS) is 19.8. The van der Waals surface area contributed by atoms with Crippen LogP contribution in [0.3, 0.4) is 0 Å². The van der Waals surface area contributed by atoms with E-state index < -0.39 is 0 Å². The third-order valence-corrected chi connectivity index (χ3v) is 6.57. The van der Waals surface area contributed by atoms with Gasteiger partial charge in [-0.1, -0.05) is 0 Å². The zero-order chi connectivity index (χ0) is 15.1. The summed E-state index contributed by atoms with van der Waals surface area (Å²) in [6, 6.07) is 2.11. The van der Waals surface area contributed by atoms with E-state index in [1.54, 1.807) is 28.0 Å².